The number of benzene rings is 3. The van der Waals surface area contributed by atoms with Gasteiger partial charge in [-0.25, -0.2) is 9.18 Å². The lowest BCUT2D eigenvalue weighted by Gasteiger charge is -2.36. The van der Waals surface area contributed by atoms with Gasteiger partial charge >= 0.3 is 6.03 Å². The van der Waals surface area contributed by atoms with E-state index in [1.165, 1.54) is 17.7 Å². The molecule has 5 nitrogen and oxygen atoms in total. The smallest absolute Gasteiger partial charge is 0.324 e. The summed E-state index contributed by atoms with van der Waals surface area (Å²) in [6.45, 7) is 6.26. The van der Waals surface area contributed by atoms with Crippen molar-refractivity contribution in [3.63, 3.8) is 0 Å². The summed E-state index contributed by atoms with van der Waals surface area (Å²) in [5, 5.41) is 2.88. The summed E-state index contributed by atoms with van der Waals surface area (Å²) >= 11 is 0. The maximum atomic E-state index is 13.2. The summed E-state index contributed by atoms with van der Waals surface area (Å²) in [7, 11) is 0. The van der Waals surface area contributed by atoms with Crippen LogP contribution in [0.25, 0.3) is 0 Å². The minimum Gasteiger partial charge on any atom is -0.326 e. The quantitative estimate of drug-likeness (QED) is 0.474. The Kier molecular flexibility index (Phi) is 7.26. The van der Waals surface area contributed by atoms with Gasteiger partial charge in [-0.3, -0.25) is 9.69 Å². The molecule has 1 fully saturated rings. The largest absolute Gasteiger partial charge is 0.326 e. The van der Waals surface area contributed by atoms with Gasteiger partial charge in [0, 0.05) is 31.0 Å². The van der Waals surface area contributed by atoms with Gasteiger partial charge < -0.3 is 10.2 Å². The number of carbonyl (C=O) groups is 2. The van der Waals surface area contributed by atoms with Gasteiger partial charge in [0.25, 0.3) is 0 Å². The molecule has 0 aromatic heterocycles. The first-order chi connectivity index (χ1) is 16.4. The van der Waals surface area contributed by atoms with Gasteiger partial charge in [-0.1, -0.05) is 56.3 Å². The van der Waals surface area contributed by atoms with Crippen molar-refractivity contribution in [1.29, 1.82) is 0 Å². The molecule has 4 rings (SSSR count). The Hall–Kier alpha value is -3.67. The fourth-order valence-electron chi connectivity index (χ4n) is 4.14. The van der Waals surface area contributed by atoms with Crippen LogP contribution < -0.4 is 10.2 Å². The minimum atomic E-state index is -0.329. The number of hydrogen-bond acceptors (Lipinski definition) is 2. The first-order valence-electron chi connectivity index (χ1n) is 11.7. The number of nitrogens with zero attached hydrogens (tertiary/aromatic N) is 2. The molecule has 0 atom stereocenters. The Bertz CT molecular complexity index is 1140. The van der Waals surface area contributed by atoms with E-state index < -0.39 is 0 Å². The second-order valence-corrected chi connectivity index (χ2v) is 9.01. The molecule has 1 N–H and O–H groups in total. The average Bonchev–Trinajstić information content (AvgIpc) is 2.82. The van der Waals surface area contributed by atoms with Crippen LogP contribution in [-0.4, -0.2) is 29.9 Å². The standard InChI is InChI=1S/C28H30FN3O2/c1-20(2)23-11-7-22(8-12-23)19-31-15-4-16-32(28(31)34)26-6-3-5-25(18-26)30-27(33)17-21-9-13-24(29)14-10-21/h3,5-14,18,20H,4,15-17,19H2,1-2H3,(H,30,33). The molecular weight excluding hydrogens is 429 g/mol. The zero-order chi connectivity index (χ0) is 24.1. The second-order valence-electron chi connectivity index (χ2n) is 9.01. The highest BCUT2D eigenvalue weighted by Crippen LogP contribution is 2.25. The van der Waals surface area contributed by atoms with Gasteiger partial charge in [0.05, 0.1) is 6.42 Å². The van der Waals surface area contributed by atoms with Crippen molar-refractivity contribution in [2.45, 2.75) is 39.2 Å². The van der Waals surface area contributed by atoms with Crippen LogP contribution in [0, 0.1) is 5.82 Å². The lowest BCUT2D eigenvalue weighted by molar-refractivity contribution is -0.115. The molecule has 6 heteroatoms. The number of halogens is 1. The van der Waals surface area contributed by atoms with Crippen LogP contribution in [0.5, 0.6) is 0 Å². The highest BCUT2D eigenvalue weighted by atomic mass is 19.1. The van der Waals surface area contributed by atoms with Crippen molar-refractivity contribution in [3.05, 3.63) is 95.3 Å². The van der Waals surface area contributed by atoms with Gasteiger partial charge in [0.1, 0.15) is 5.82 Å². The summed E-state index contributed by atoms with van der Waals surface area (Å²) in [5.74, 6) is -0.0468. The Balaban J connectivity index is 1.41. The van der Waals surface area contributed by atoms with Gasteiger partial charge in [-0.15, -0.1) is 0 Å². The predicted octanol–water partition coefficient (Wildman–Crippen LogP) is 5.96. The van der Waals surface area contributed by atoms with E-state index in [-0.39, 0.29) is 24.2 Å². The van der Waals surface area contributed by atoms with Crippen LogP contribution in [0.1, 0.15) is 42.9 Å². The summed E-state index contributed by atoms with van der Waals surface area (Å²) < 4.78 is 13.1. The molecule has 0 bridgehead atoms. The second kappa shape index (κ2) is 10.5. The number of carbonyl (C=O) groups excluding carboxylic acids is 2. The summed E-state index contributed by atoms with van der Waals surface area (Å²) in [5.41, 5.74) is 4.51. The molecule has 0 aliphatic carbocycles. The van der Waals surface area contributed by atoms with Crippen LogP contribution >= 0.6 is 0 Å². The topological polar surface area (TPSA) is 52.6 Å². The fourth-order valence-corrected chi connectivity index (χ4v) is 4.14. The fraction of sp³-hybridized carbons (Fsp3) is 0.286. The summed E-state index contributed by atoms with van der Waals surface area (Å²) in [6.07, 6.45) is 1.02. The van der Waals surface area contributed by atoms with Crippen LogP contribution in [0.4, 0.5) is 20.6 Å². The van der Waals surface area contributed by atoms with Crippen LogP contribution in [0.3, 0.4) is 0 Å². The minimum absolute atomic E-state index is 0.0334. The monoisotopic (exact) mass is 459 g/mol. The Morgan fingerprint density at radius 2 is 1.68 bits per heavy atom. The average molecular weight is 460 g/mol. The Morgan fingerprint density at radius 1 is 0.971 bits per heavy atom. The highest BCUT2D eigenvalue weighted by molar-refractivity contribution is 5.95. The van der Waals surface area contributed by atoms with Crippen molar-refractivity contribution in [3.8, 4) is 0 Å². The van der Waals surface area contributed by atoms with Crippen LogP contribution in [-0.2, 0) is 17.8 Å². The van der Waals surface area contributed by atoms with Gasteiger partial charge in [-0.2, -0.15) is 0 Å². The zero-order valence-corrected chi connectivity index (χ0v) is 19.6. The lowest BCUT2D eigenvalue weighted by atomic mass is 10.0. The molecule has 1 saturated heterocycles. The number of amides is 3. The summed E-state index contributed by atoms with van der Waals surface area (Å²) in [6, 6.07) is 21.6. The molecule has 1 heterocycles. The molecule has 3 amide bonds. The lowest BCUT2D eigenvalue weighted by Crippen LogP contribution is -2.49. The molecule has 0 unspecified atom stereocenters. The van der Waals surface area contributed by atoms with E-state index in [1.54, 1.807) is 23.1 Å². The van der Waals surface area contributed by atoms with E-state index in [4.69, 9.17) is 0 Å². The number of nitrogens with one attached hydrogen (secondary N) is 1. The van der Waals surface area contributed by atoms with E-state index in [2.05, 4.69) is 43.4 Å². The normalized spacial score (nSPS) is 13.9. The SMILES string of the molecule is CC(C)c1ccc(CN2CCCN(c3cccc(NC(=O)Cc4ccc(F)cc4)c3)C2=O)cc1. The van der Waals surface area contributed by atoms with E-state index in [9.17, 15) is 14.0 Å². The molecule has 0 spiro atoms. The van der Waals surface area contributed by atoms with Crippen molar-refractivity contribution in [1.82, 2.24) is 4.90 Å². The Labute approximate surface area is 200 Å². The van der Waals surface area contributed by atoms with E-state index in [0.717, 1.165) is 29.8 Å². The first-order valence-corrected chi connectivity index (χ1v) is 11.7. The third kappa shape index (κ3) is 5.81. The molecule has 1 aliphatic rings. The van der Waals surface area contributed by atoms with Crippen molar-refractivity contribution < 1.29 is 14.0 Å². The predicted molar refractivity (Wildman–Crippen MR) is 133 cm³/mol. The van der Waals surface area contributed by atoms with E-state index in [0.29, 0.717) is 24.7 Å². The maximum absolute atomic E-state index is 13.2. The maximum Gasteiger partial charge on any atom is 0.324 e. The molecule has 0 saturated carbocycles. The van der Waals surface area contributed by atoms with E-state index in [1.807, 2.05) is 23.1 Å². The van der Waals surface area contributed by atoms with Crippen molar-refractivity contribution in [2.24, 2.45) is 0 Å². The summed E-state index contributed by atoms with van der Waals surface area (Å²) in [4.78, 5) is 29.3. The first kappa shape index (κ1) is 23.5. The van der Waals surface area contributed by atoms with Gasteiger partial charge in [0.2, 0.25) is 5.91 Å². The van der Waals surface area contributed by atoms with Crippen LogP contribution in [0.15, 0.2) is 72.8 Å². The number of hydrogen-bond donors (Lipinski definition) is 1. The molecule has 176 valence electrons. The van der Waals surface area contributed by atoms with Crippen molar-refractivity contribution >= 4 is 23.3 Å². The molecule has 3 aromatic rings. The van der Waals surface area contributed by atoms with Crippen molar-refractivity contribution in [2.75, 3.05) is 23.3 Å². The van der Waals surface area contributed by atoms with E-state index >= 15 is 0 Å². The van der Waals surface area contributed by atoms with Gasteiger partial charge in [0.15, 0.2) is 0 Å². The number of urea groups is 1. The van der Waals surface area contributed by atoms with Crippen LogP contribution in [0.2, 0.25) is 0 Å². The number of anilines is 2. The zero-order valence-electron chi connectivity index (χ0n) is 19.6. The highest BCUT2D eigenvalue weighted by Gasteiger charge is 2.27. The Morgan fingerprint density at radius 3 is 2.38 bits per heavy atom. The molecule has 34 heavy (non-hydrogen) atoms. The third-order valence-corrected chi connectivity index (χ3v) is 6.05. The molecule has 3 aromatic carbocycles. The molecule has 0 radical (unpaired) electrons. The molecule has 1 aliphatic heterocycles. The molecular formula is C28H30FN3O2. The number of rotatable bonds is 7. The third-order valence-electron chi connectivity index (χ3n) is 6.05. The van der Waals surface area contributed by atoms with Gasteiger partial charge in [-0.05, 0) is 59.4 Å².